The Balaban J connectivity index is 2.32. The molecule has 1 aromatic carbocycles. The van der Waals surface area contributed by atoms with Gasteiger partial charge in [0.15, 0.2) is 0 Å². The molecule has 3 nitrogen and oxygen atoms in total. The molecular weight excluding hydrogens is 202 g/mol. The Kier molecular flexibility index (Phi) is 2.77. The van der Waals surface area contributed by atoms with Gasteiger partial charge in [0, 0.05) is 18.8 Å². The van der Waals surface area contributed by atoms with Crippen LogP contribution in [0.2, 0.25) is 0 Å². The molecule has 1 aromatic rings. The van der Waals surface area contributed by atoms with Crippen molar-refractivity contribution in [1.82, 2.24) is 5.32 Å². The maximum Gasteiger partial charge on any atom is 0.227 e. The van der Waals surface area contributed by atoms with Crippen LogP contribution in [0.15, 0.2) is 18.2 Å². The number of hydrogen-bond donors (Lipinski definition) is 1. The molecule has 1 heterocycles. The lowest BCUT2D eigenvalue weighted by Crippen LogP contribution is -2.37. The second kappa shape index (κ2) is 4.08. The summed E-state index contributed by atoms with van der Waals surface area (Å²) in [6.07, 6.45) is 0.825. The number of nitrogens with one attached hydrogen (secondary N) is 1. The van der Waals surface area contributed by atoms with E-state index in [4.69, 9.17) is 0 Å². The van der Waals surface area contributed by atoms with E-state index in [0.29, 0.717) is 12.8 Å². The molecule has 1 aliphatic rings. The van der Waals surface area contributed by atoms with E-state index in [1.165, 1.54) is 5.56 Å². The molecule has 0 spiro atoms. The van der Waals surface area contributed by atoms with Crippen molar-refractivity contribution in [1.29, 1.82) is 0 Å². The summed E-state index contributed by atoms with van der Waals surface area (Å²) >= 11 is 0. The van der Waals surface area contributed by atoms with Crippen LogP contribution in [-0.4, -0.2) is 11.8 Å². The second-order valence-corrected chi connectivity index (χ2v) is 4.44. The molecule has 0 bridgehead atoms. The fourth-order valence-electron chi connectivity index (χ4n) is 2.20. The number of carbonyl (C=O) groups excluding carboxylic acids is 2. The molecule has 1 N–H and O–H groups in total. The smallest absolute Gasteiger partial charge is 0.227 e. The first-order valence-corrected chi connectivity index (χ1v) is 5.46. The Morgan fingerprint density at radius 2 is 1.75 bits per heavy atom. The first kappa shape index (κ1) is 10.9. The molecule has 0 saturated carbocycles. The molecule has 0 unspecified atom stereocenters. The highest BCUT2D eigenvalue weighted by Gasteiger charge is 2.26. The summed E-state index contributed by atoms with van der Waals surface area (Å²) in [6.45, 7) is 4.04. The minimum Gasteiger partial charge on any atom is -0.296 e. The number of piperidine rings is 1. The van der Waals surface area contributed by atoms with Crippen LogP contribution in [0.25, 0.3) is 0 Å². The van der Waals surface area contributed by atoms with Gasteiger partial charge < -0.3 is 0 Å². The standard InChI is InChI=1S/C13H15NO2/c1-8-3-4-9(2)11(5-8)10-6-12(15)14-13(16)7-10/h3-5,10H,6-7H2,1-2H3,(H,14,15,16). The van der Waals surface area contributed by atoms with Gasteiger partial charge in [-0.1, -0.05) is 23.8 Å². The summed E-state index contributed by atoms with van der Waals surface area (Å²) in [6, 6.07) is 6.16. The van der Waals surface area contributed by atoms with Gasteiger partial charge >= 0.3 is 0 Å². The van der Waals surface area contributed by atoms with E-state index in [1.807, 2.05) is 26.0 Å². The van der Waals surface area contributed by atoms with Crippen LogP contribution < -0.4 is 5.32 Å². The van der Waals surface area contributed by atoms with Gasteiger partial charge in [0.2, 0.25) is 11.8 Å². The highest BCUT2D eigenvalue weighted by atomic mass is 16.2. The monoisotopic (exact) mass is 217 g/mol. The predicted octanol–water partition coefficient (Wildman–Crippen LogP) is 1.82. The Morgan fingerprint density at radius 3 is 2.38 bits per heavy atom. The number of amides is 2. The van der Waals surface area contributed by atoms with Crippen molar-refractivity contribution in [2.24, 2.45) is 0 Å². The summed E-state index contributed by atoms with van der Waals surface area (Å²) < 4.78 is 0. The van der Waals surface area contributed by atoms with Gasteiger partial charge in [-0.05, 0) is 25.0 Å². The zero-order chi connectivity index (χ0) is 11.7. The summed E-state index contributed by atoms with van der Waals surface area (Å²) in [5, 5.41) is 2.34. The summed E-state index contributed by atoms with van der Waals surface area (Å²) in [5.74, 6) is -0.287. The maximum absolute atomic E-state index is 11.3. The van der Waals surface area contributed by atoms with Crippen LogP contribution in [0.5, 0.6) is 0 Å². The van der Waals surface area contributed by atoms with Crippen molar-refractivity contribution >= 4 is 11.8 Å². The van der Waals surface area contributed by atoms with Crippen molar-refractivity contribution in [3.8, 4) is 0 Å². The molecule has 84 valence electrons. The molecule has 1 aliphatic heterocycles. The first-order valence-electron chi connectivity index (χ1n) is 5.46. The van der Waals surface area contributed by atoms with Gasteiger partial charge in [-0.15, -0.1) is 0 Å². The van der Waals surface area contributed by atoms with Gasteiger partial charge in [-0.3, -0.25) is 14.9 Å². The highest BCUT2D eigenvalue weighted by molar-refractivity contribution is 5.98. The number of carbonyl (C=O) groups is 2. The van der Waals surface area contributed by atoms with E-state index in [1.54, 1.807) is 0 Å². The molecule has 0 radical (unpaired) electrons. The van der Waals surface area contributed by atoms with E-state index >= 15 is 0 Å². The van der Waals surface area contributed by atoms with Gasteiger partial charge in [-0.25, -0.2) is 0 Å². The zero-order valence-corrected chi connectivity index (χ0v) is 9.54. The van der Waals surface area contributed by atoms with Crippen LogP contribution in [0, 0.1) is 13.8 Å². The number of benzene rings is 1. The maximum atomic E-state index is 11.3. The molecule has 2 amide bonds. The van der Waals surface area contributed by atoms with E-state index in [9.17, 15) is 9.59 Å². The fraction of sp³-hybridized carbons (Fsp3) is 0.385. The average Bonchev–Trinajstić information content (AvgIpc) is 2.20. The van der Waals surface area contributed by atoms with Crippen molar-refractivity contribution in [2.45, 2.75) is 32.6 Å². The van der Waals surface area contributed by atoms with Crippen LogP contribution in [-0.2, 0) is 9.59 Å². The van der Waals surface area contributed by atoms with Crippen LogP contribution in [0.1, 0.15) is 35.4 Å². The SMILES string of the molecule is Cc1ccc(C)c(C2CC(=O)NC(=O)C2)c1. The van der Waals surface area contributed by atoms with Crippen LogP contribution in [0.4, 0.5) is 0 Å². The normalized spacial score (nSPS) is 17.4. The third-order valence-corrected chi connectivity index (χ3v) is 3.02. The highest BCUT2D eigenvalue weighted by Crippen LogP contribution is 2.29. The van der Waals surface area contributed by atoms with E-state index in [2.05, 4.69) is 11.4 Å². The van der Waals surface area contributed by atoms with Gasteiger partial charge in [0.25, 0.3) is 0 Å². The van der Waals surface area contributed by atoms with Crippen molar-refractivity contribution in [3.63, 3.8) is 0 Å². The van der Waals surface area contributed by atoms with Gasteiger partial charge in [0.1, 0.15) is 0 Å². The van der Waals surface area contributed by atoms with Gasteiger partial charge in [0.05, 0.1) is 0 Å². The first-order chi connectivity index (χ1) is 7.56. The Labute approximate surface area is 94.9 Å². The zero-order valence-electron chi connectivity index (χ0n) is 9.54. The molecular formula is C13H15NO2. The lowest BCUT2D eigenvalue weighted by molar-refractivity contribution is -0.133. The number of imide groups is 1. The third-order valence-electron chi connectivity index (χ3n) is 3.02. The summed E-state index contributed by atoms with van der Waals surface area (Å²) in [4.78, 5) is 22.6. The van der Waals surface area contributed by atoms with E-state index in [0.717, 1.165) is 11.1 Å². The largest absolute Gasteiger partial charge is 0.296 e. The topological polar surface area (TPSA) is 46.2 Å². The average molecular weight is 217 g/mol. The number of rotatable bonds is 1. The lowest BCUT2D eigenvalue weighted by Gasteiger charge is -2.23. The van der Waals surface area contributed by atoms with Crippen molar-refractivity contribution < 1.29 is 9.59 Å². The fourth-order valence-corrected chi connectivity index (χ4v) is 2.20. The molecule has 0 aliphatic carbocycles. The van der Waals surface area contributed by atoms with Crippen LogP contribution >= 0.6 is 0 Å². The predicted molar refractivity (Wildman–Crippen MR) is 61.0 cm³/mol. The Hall–Kier alpha value is -1.64. The number of hydrogen-bond acceptors (Lipinski definition) is 2. The quantitative estimate of drug-likeness (QED) is 0.729. The van der Waals surface area contributed by atoms with Crippen molar-refractivity contribution in [2.75, 3.05) is 0 Å². The second-order valence-electron chi connectivity index (χ2n) is 4.44. The Bertz CT molecular complexity index is 435. The Morgan fingerprint density at radius 1 is 1.12 bits per heavy atom. The lowest BCUT2D eigenvalue weighted by atomic mass is 9.86. The minimum absolute atomic E-state index is 0.0427. The molecule has 0 atom stereocenters. The molecule has 0 aromatic heterocycles. The van der Waals surface area contributed by atoms with Crippen molar-refractivity contribution in [3.05, 3.63) is 34.9 Å². The summed E-state index contributed by atoms with van der Waals surface area (Å²) in [5.41, 5.74) is 3.44. The summed E-state index contributed by atoms with van der Waals surface area (Å²) in [7, 11) is 0. The van der Waals surface area contributed by atoms with Gasteiger partial charge in [-0.2, -0.15) is 0 Å². The molecule has 1 fully saturated rings. The molecule has 2 rings (SSSR count). The van der Waals surface area contributed by atoms with Crippen LogP contribution in [0.3, 0.4) is 0 Å². The third kappa shape index (κ3) is 2.13. The molecule has 16 heavy (non-hydrogen) atoms. The van der Waals surface area contributed by atoms with E-state index < -0.39 is 0 Å². The molecule has 3 heteroatoms. The molecule has 1 saturated heterocycles. The minimum atomic E-state index is -0.165. The number of aryl methyl sites for hydroxylation is 2. The van der Waals surface area contributed by atoms with E-state index in [-0.39, 0.29) is 17.7 Å².